The van der Waals surface area contributed by atoms with E-state index in [1.165, 1.54) is 36.9 Å². The fourth-order valence-corrected chi connectivity index (χ4v) is 3.68. The van der Waals surface area contributed by atoms with E-state index in [2.05, 4.69) is 48.3 Å². The average Bonchev–Trinajstić information content (AvgIpc) is 3.01. The molecule has 1 aliphatic carbocycles. The lowest BCUT2D eigenvalue weighted by Crippen LogP contribution is -2.48. The number of ether oxygens (including phenoxy) is 1. The number of hydrogen-bond acceptors (Lipinski definition) is 3. The fraction of sp³-hybridized carbons (Fsp3) is 0.667. The summed E-state index contributed by atoms with van der Waals surface area (Å²) in [6, 6.07) is 10.2. The highest BCUT2D eigenvalue weighted by Crippen LogP contribution is 2.33. The number of benzene rings is 1. The van der Waals surface area contributed by atoms with Crippen LogP contribution in [0.25, 0.3) is 0 Å². The molecule has 3 unspecified atom stereocenters. The van der Waals surface area contributed by atoms with E-state index in [1.807, 2.05) is 0 Å². The van der Waals surface area contributed by atoms with Crippen LogP contribution in [0.4, 0.5) is 5.69 Å². The third-order valence-electron chi connectivity index (χ3n) is 4.91. The summed E-state index contributed by atoms with van der Waals surface area (Å²) in [5, 5.41) is 3.55. The van der Waals surface area contributed by atoms with Crippen LogP contribution in [0.15, 0.2) is 24.3 Å². The zero-order valence-electron chi connectivity index (χ0n) is 13.3. The maximum absolute atomic E-state index is 5.91. The van der Waals surface area contributed by atoms with Crippen molar-refractivity contribution < 1.29 is 4.74 Å². The first kappa shape index (κ1) is 14.9. The maximum atomic E-state index is 5.91. The van der Waals surface area contributed by atoms with Crippen LogP contribution < -0.4 is 10.2 Å². The molecule has 3 nitrogen and oxygen atoms in total. The summed E-state index contributed by atoms with van der Waals surface area (Å²) in [5.74, 6) is 0. The van der Waals surface area contributed by atoms with Crippen LogP contribution >= 0.6 is 0 Å². The van der Waals surface area contributed by atoms with Crippen molar-refractivity contribution in [2.45, 2.75) is 57.7 Å². The molecular weight excluding hydrogens is 260 g/mol. The summed E-state index contributed by atoms with van der Waals surface area (Å²) in [6.45, 7) is 7.43. The number of nitrogens with zero attached hydrogens (tertiary/aromatic N) is 1. The van der Waals surface area contributed by atoms with E-state index in [0.717, 1.165) is 19.7 Å². The monoisotopic (exact) mass is 288 g/mol. The molecule has 3 atom stereocenters. The van der Waals surface area contributed by atoms with Gasteiger partial charge in [-0.2, -0.15) is 0 Å². The number of morpholine rings is 1. The molecule has 3 heteroatoms. The highest BCUT2D eigenvalue weighted by atomic mass is 16.5. The molecule has 0 spiro atoms. The smallest absolute Gasteiger partial charge is 0.0779 e. The molecule has 1 saturated carbocycles. The van der Waals surface area contributed by atoms with Crippen LogP contribution in [-0.2, 0) is 4.74 Å². The Hall–Kier alpha value is -1.06. The predicted octanol–water partition coefficient (Wildman–Crippen LogP) is 3.50. The van der Waals surface area contributed by atoms with E-state index >= 15 is 0 Å². The Morgan fingerprint density at radius 2 is 2.10 bits per heavy atom. The highest BCUT2D eigenvalue weighted by Gasteiger charge is 2.36. The third-order valence-corrected chi connectivity index (χ3v) is 4.91. The molecule has 2 fully saturated rings. The van der Waals surface area contributed by atoms with Crippen molar-refractivity contribution in [2.24, 2.45) is 0 Å². The lowest BCUT2D eigenvalue weighted by atomic mass is 10.1. The number of nitrogens with one attached hydrogen (secondary N) is 1. The normalized spacial score (nSPS) is 26.7. The minimum Gasteiger partial charge on any atom is -0.374 e. The van der Waals surface area contributed by atoms with Gasteiger partial charge in [0.1, 0.15) is 0 Å². The molecule has 21 heavy (non-hydrogen) atoms. The molecule has 1 aliphatic heterocycles. The van der Waals surface area contributed by atoms with Gasteiger partial charge in [-0.15, -0.1) is 0 Å². The zero-order chi connectivity index (χ0) is 14.7. The van der Waals surface area contributed by atoms with Crippen LogP contribution in [0.2, 0.25) is 0 Å². The Morgan fingerprint density at radius 3 is 2.86 bits per heavy atom. The van der Waals surface area contributed by atoms with Crippen molar-refractivity contribution in [3.63, 3.8) is 0 Å². The van der Waals surface area contributed by atoms with Crippen molar-refractivity contribution in [3.8, 4) is 0 Å². The predicted molar refractivity (Wildman–Crippen MR) is 87.9 cm³/mol. The van der Waals surface area contributed by atoms with Gasteiger partial charge >= 0.3 is 0 Å². The van der Waals surface area contributed by atoms with E-state index in [0.29, 0.717) is 18.2 Å². The summed E-state index contributed by atoms with van der Waals surface area (Å²) in [5.41, 5.74) is 2.74. The zero-order valence-corrected chi connectivity index (χ0v) is 13.3. The lowest BCUT2D eigenvalue weighted by molar-refractivity contribution is 0.0256. The summed E-state index contributed by atoms with van der Waals surface area (Å²) < 4.78 is 5.91. The van der Waals surface area contributed by atoms with Gasteiger partial charge in [0, 0.05) is 18.3 Å². The van der Waals surface area contributed by atoms with Gasteiger partial charge in [-0.3, -0.25) is 0 Å². The van der Waals surface area contributed by atoms with Crippen molar-refractivity contribution in [3.05, 3.63) is 29.8 Å². The Morgan fingerprint density at radius 1 is 1.29 bits per heavy atom. The average molecular weight is 288 g/mol. The van der Waals surface area contributed by atoms with Crippen LogP contribution in [0.1, 0.15) is 51.1 Å². The number of rotatable bonds is 5. The van der Waals surface area contributed by atoms with Crippen molar-refractivity contribution >= 4 is 5.69 Å². The van der Waals surface area contributed by atoms with Crippen molar-refractivity contribution in [2.75, 3.05) is 24.6 Å². The number of anilines is 1. The Bertz CT molecular complexity index is 445. The molecular formula is C18H28N2O. The Balaban J connectivity index is 1.68. The largest absolute Gasteiger partial charge is 0.374 e. The molecule has 1 N–H and O–H groups in total. The molecule has 116 valence electrons. The first-order valence-corrected chi connectivity index (χ1v) is 8.51. The van der Waals surface area contributed by atoms with Crippen LogP contribution in [-0.4, -0.2) is 31.8 Å². The summed E-state index contributed by atoms with van der Waals surface area (Å²) >= 11 is 0. The van der Waals surface area contributed by atoms with Gasteiger partial charge in [-0.1, -0.05) is 19.1 Å². The first-order chi connectivity index (χ1) is 10.3. The third kappa shape index (κ3) is 3.24. The molecule has 0 bridgehead atoms. The number of hydrogen-bond donors (Lipinski definition) is 1. The van der Waals surface area contributed by atoms with Crippen LogP contribution in [0, 0.1) is 0 Å². The lowest BCUT2D eigenvalue weighted by Gasteiger charge is -2.39. The molecule has 1 aromatic carbocycles. The second-order valence-electron chi connectivity index (χ2n) is 6.37. The van der Waals surface area contributed by atoms with Gasteiger partial charge in [-0.05, 0) is 56.8 Å². The minimum atomic E-state index is 0.433. The van der Waals surface area contributed by atoms with Crippen molar-refractivity contribution in [1.82, 2.24) is 5.32 Å². The Labute approximate surface area is 128 Å². The molecule has 0 amide bonds. The van der Waals surface area contributed by atoms with E-state index < -0.39 is 0 Å². The fourth-order valence-electron chi connectivity index (χ4n) is 3.68. The minimum absolute atomic E-state index is 0.433. The van der Waals surface area contributed by atoms with Gasteiger partial charge in [0.25, 0.3) is 0 Å². The summed E-state index contributed by atoms with van der Waals surface area (Å²) in [6.07, 6.45) is 5.46. The topological polar surface area (TPSA) is 24.5 Å². The summed E-state index contributed by atoms with van der Waals surface area (Å²) in [7, 11) is 0. The maximum Gasteiger partial charge on any atom is 0.0779 e. The molecule has 1 heterocycles. The van der Waals surface area contributed by atoms with Gasteiger partial charge in [0.15, 0.2) is 0 Å². The van der Waals surface area contributed by atoms with Gasteiger partial charge < -0.3 is 15.0 Å². The Kier molecular flexibility index (Phi) is 4.81. The van der Waals surface area contributed by atoms with E-state index in [-0.39, 0.29) is 0 Å². The second-order valence-corrected chi connectivity index (χ2v) is 6.37. The standard InChI is InChI=1S/C18H28N2O/c1-3-11-19-14(2)15-7-9-16(10-8-15)20-12-13-21-18-6-4-5-17(18)20/h7-10,14,17-19H,3-6,11-13H2,1-2H3. The second kappa shape index (κ2) is 6.80. The first-order valence-electron chi connectivity index (χ1n) is 8.51. The van der Waals surface area contributed by atoms with E-state index in [1.54, 1.807) is 0 Å². The van der Waals surface area contributed by atoms with Gasteiger partial charge in [0.05, 0.1) is 18.8 Å². The molecule has 1 saturated heterocycles. The van der Waals surface area contributed by atoms with E-state index in [4.69, 9.17) is 4.74 Å². The highest BCUT2D eigenvalue weighted by molar-refractivity contribution is 5.50. The molecule has 0 aromatic heterocycles. The molecule has 3 rings (SSSR count). The SMILES string of the molecule is CCCNC(C)c1ccc(N2CCOC3CCCC32)cc1. The van der Waals surface area contributed by atoms with Crippen LogP contribution in [0.5, 0.6) is 0 Å². The molecule has 2 aliphatic rings. The van der Waals surface area contributed by atoms with Gasteiger partial charge in [-0.25, -0.2) is 0 Å². The quantitative estimate of drug-likeness (QED) is 0.897. The summed E-state index contributed by atoms with van der Waals surface area (Å²) in [4.78, 5) is 2.56. The van der Waals surface area contributed by atoms with Crippen LogP contribution in [0.3, 0.4) is 0 Å². The molecule has 0 radical (unpaired) electrons. The molecule has 1 aromatic rings. The van der Waals surface area contributed by atoms with E-state index in [9.17, 15) is 0 Å². The number of fused-ring (bicyclic) bond motifs is 1. The van der Waals surface area contributed by atoms with Gasteiger partial charge in [0.2, 0.25) is 0 Å². The van der Waals surface area contributed by atoms with Crippen molar-refractivity contribution in [1.29, 1.82) is 0 Å².